The van der Waals surface area contributed by atoms with Crippen molar-refractivity contribution in [3.63, 3.8) is 0 Å². The van der Waals surface area contributed by atoms with Crippen LogP contribution in [0.25, 0.3) is 0 Å². The summed E-state index contributed by atoms with van der Waals surface area (Å²) in [5.74, 6) is 0. The lowest BCUT2D eigenvalue weighted by atomic mass is 9.69. The van der Waals surface area contributed by atoms with Gasteiger partial charge in [0.2, 0.25) is 0 Å². The minimum atomic E-state index is 0.251. The molecular weight excluding hydrogens is 254 g/mol. The quantitative estimate of drug-likeness (QED) is 0.917. The van der Waals surface area contributed by atoms with Crippen molar-refractivity contribution in [3.8, 4) is 0 Å². The van der Waals surface area contributed by atoms with Crippen LogP contribution in [0, 0.1) is 0 Å². The Kier molecular flexibility index (Phi) is 4.15. The van der Waals surface area contributed by atoms with Crippen LogP contribution in [-0.4, -0.2) is 25.0 Å². The molecule has 0 bridgehead atoms. The summed E-state index contributed by atoms with van der Waals surface area (Å²) in [5.41, 5.74) is 7.80. The van der Waals surface area contributed by atoms with E-state index >= 15 is 0 Å². The predicted octanol–water partition coefficient (Wildman–Crippen LogP) is 3.34. The van der Waals surface area contributed by atoms with E-state index in [4.69, 9.17) is 10.5 Å². The molecule has 2 fully saturated rings. The van der Waals surface area contributed by atoms with E-state index < -0.39 is 0 Å². The predicted molar refractivity (Wildman–Crippen MR) is 80.7 cm³/mol. The van der Waals surface area contributed by atoms with Crippen molar-refractivity contribution in [2.45, 2.75) is 47.7 Å². The fourth-order valence-electron chi connectivity index (χ4n) is 3.20. The van der Waals surface area contributed by atoms with Crippen LogP contribution in [-0.2, 0) is 10.2 Å². The van der Waals surface area contributed by atoms with Gasteiger partial charge in [0.25, 0.3) is 0 Å². The highest BCUT2D eigenvalue weighted by Crippen LogP contribution is 2.39. The number of hydrogen-bond donors (Lipinski definition) is 1. The Morgan fingerprint density at radius 3 is 2.32 bits per heavy atom. The first-order valence-corrected chi connectivity index (χ1v) is 8.25. The van der Waals surface area contributed by atoms with Crippen LogP contribution in [0.15, 0.2) is 29.2 Å². The van der Waals surface area contributed by atoms with Gasteiger partial charge >= 0.3 is 0 Å². The molecule has 1 aromatic rings. The number of hydrogen-bond acceptors (Lipinski definition) is 3. The van der Waals surface area contributed by atoms with Gasteiger partial charge in [-0.3, -0.25) is 0 Å². The molecule has 1 aliphatic heterocycles. The molecule has 2 aliphatic rings. The zero-order valence-electron chi connectivity index (χ0n) is 11.4. The normalized spacial score (nSPS) is 23.0. The molecule has 1 aliphatic carbocycles. The molecule has 19 heavy (non-hydrogen) atoms. The van der Waals surface area contributed by atoms with Crippen LogP contribution in [0.3, 0.4) is 0 Å². The van der Waals surface area contributed by atoms with Crippen LogP contribution >= 0.6 is 11.8 Å². The molecular formula is C16H23NOS. The van der Waals surface area contributed by atoms with E-state index in [0.29, 0.717) is 5.25 Å². The molecule has 1 saturated carbocycles. The first kappa shape index (κ1) is 13.5. The van der Waals surface area contributed by atoms with Gasteiger partial charge in [-0.1, -0.05) is 31.4 Å². The molecule has 0 unspecified atom stereocenters. The lowest BCUT2D eigenvalue weighted by molar-refractivity contribution is 0.0455. The number of benzene rings is 1. The molecule has 1 saturated heterocycles. The minimum absolute atomic E-state index is 0.251. The van der Waals surface area contributed by atoms with Crippen LogP contribution < -0.4 is 5.73 Å². The average Bonchev–Trinajstić information content (AvgIpc) is 2.44. The van der Waals surface area contributed by atoms with Gasteiger partial charge in [0.15, 0.2) is 0 Å². The van der Waals surface area contributed by atoms with Crippen molar-refractivity contribution in [2.75, 3.05) is 19.8 Å². The van der Waals surface area contributed by atoms with Gasteiger partial charge in [-0.25, -0.2) is 0 Å². The second-order valence-electron chi connectivity index (χ2n) is 5.85. The van der Waals surface area contributed by atoms with Crippen molar-refractivity contribution in [2.24, 2.45) is 5.73 Å². The first-order chi connectivity index (χ1) is 9.32. The summed E-state index contributed by atoms with van der Waals surface area (Å²) in [7, 11) is 0. The molecule has 0 spiro atoms. The van der Waals surface area contributed by atoms with Gasteiger partial charge in [0, 0.05) is 16.9 Å². The first-order valence-electron chi connectivity index (χ1n) is 7.37. The number of ether oxygens (including phenoxy) is 1. The molecule has 0 aromatic heterocycles. The summed E-state index contributed by atoms with van der Waals surface area (Å²) in [6.07, 6.45) is 6.54. The topological polar surface area (TPSA) is 35.2 Å². The molecule has 0 amide bonds. The molecule has 2 N–H and O–H groups in total. The highest BCUT2D eigenvalue weighted by Gasteiger charge is 2.32. The fourth-order valence-corrected chi connectivity index (χ4v) is 4.21. The van der Waals surface area contributed by atoms with E-state index in [9.17, 15) is 0 Å². The van der Waals surface area contributed by atoms with Gasteiger partial charge in [-0.05, 0) is 30.5 Å². The van der Waals surface area contributed by atoms with Gasteiger partial charge < -0.3 is 10.5 Å². The zero-order chi connectivity index (χ0) is 13.1. The Balaban J connectivity index is 1.72. The largest absolute Gasteiger partial charge is 0.379 e. The van der Waals surface area contributed by atoms with Crippen LogP contribution in [0.1, 0.15) is 37.7 Å². The smallest absolute Gasteiger partial charge is 0.0611 e. The molecule has 2 nitrogen and oxygen atoms in total. The highest BCUT2D eigenvalue weighted by atomic mass is 32.2. The van der Waals surface area contributed by atoms with Gasteiger partial charge in [-0.15, -0.1) is 11.8 Å². The minimum Gasteiger partial charge on any atom is -0.379 e. The second-order valence-corrected chi connectivity index (χ2v) is 7.22. The summed E-state index contributed by atoms with van der Waals surface area (Å²) in [5, 5.41) is 0.656. The number of thioether (sulfide) groups is 1. The molecule has 3 rings (SSSR count). The van der Waals surface area contributed by atoms with E-state index in [-0.39, 0.29) is 5.41 Å². The van der Waals surface area contributed by atoms with Crippen LogP contribution in [0.4, 0.5) is 0 Å². The molecule has 0 atom stereocenters. The van der Waals surface area contributed by atoms with E-state index in [2.05, 4.69) is 24.3 Å². The molecule has 3 heteroatoms. The third kappa shape index (κ3) is 2.83. The van der Waals surface area contributed by atoms with Crippen LogP contribution in [0.2, 0.25) is 0 Å². The van der Waals surface area contributed by atoms with Gasteiger partial charge in [-0.2, -0.15) is 0 Å². The Labute approximate surface area is 120 Å². The van der Waals surface area contributed by atoms with E-state index in [1.54, 1.807) is 0 Å². The van der Waals surface area contributed by atoms with Crippen LogP contribution in [0.5, 0.6) is 0 Å². The Morgan fingerprint density at radius 1 is 1.11 bits per heavy atom. The van der Waals surface area contributed by atoms with Gasteiger partial charge in [0.05, 0.1) is 18.5 Å². The van der Waals surface area contributed by atoms with Crippen molar-refractivity contribution in [3.05, 3.63) is 29.8 Å². The van der Waals surface area contributed by atoms with Gasteiger partial charge in [0.1, 0.15) is 0 Å². The van der Waals surface area contributed by atoms with Crippen molar-refractivity contribution >= 4 is 11.8 Å². The lowest BCUT2D eigenvalue weighted by Crippen LogP contribution is -2.37. The molecule has 0 radical (unpaired) electrons. The SMILES string of the molecule is NCC1(c2ccc(SC3COC3)cc2)CCCCC1. The van der Waals surface area contributed by atoms with Crippen molar-refractivity contribution in [1.29, 1.82) is 0 Å². The third-order valence-electron chi connectivity index (χ3n) is 4.58. The third-order valence-corrected chi connectivity index (χ3v) is 5.73. The molecule has 104 valence electrons. The molecule has 1 aromatic carbocycles. The van der Waals surface area contributed by atoms with E-state index in [1.165, 1.54) is 42.6 Å². The summed E-state index contributed by atoms with van der Waals surface area (Å²) in [6.45, 7) is 2.59. The monoisotopic (exact) mass is 277 g/mol. The Hall–Kier alpha value is -0.510. The Morgan fingerprint density at radius 2 is 1.79 bits per heavy atom. The number of nitrogens with two attached hydrogens (primary N) is 1. The Bertz CT molecular complexity index is 407. The average molecular weight is 277 g/mol. The zero-order valence-corrected chi connectivity index (χ0v) is 12.3. The maximum Gasteiger partial charge on any atom is 0.0611 e. The lowest BCUT2D eigenvalue weighted by Gasteiger charge is -2.37. The number of rotatable bonds is 4. The van der Waals surface area contributed by atoms with E-state index in [0.717, 1.165) is 19.8 Å². The highest BCUT2D eigenvalue weighted by molar-refractivity contribution is 8.00. The standard InChI is InChI=1S/C16H23NOS/c17-12-16(8-2-1-3-9-16)13-4-6-14(7-5-13)19-15-10-18-11-15/h4-7,15H,1-3,8-12,17H2. The summed E-state index contributed by atoms with van der Waals surface area (Å²) < 4.78 is 5.22. The molecule has 1 heterocycles. The fraction of sp³-hybridized carbons (Fsp3) is 0.625. The van der Waals surface area contributed by atoms with Crippen molar-refractivity contribution < 1.29 is 4.74 Å². The maximum atomic E-state index is 6.10. The summed E-state index contributed by atoms with van der Waals surface area (Å²) >= 11 is 1.94. The summed E-state index contributed by atoms with van der Waals surface area (Å²) in [4.78, 5) is 1.36. The van der Waals surface area contributed by atoms with E-state index in [1.807, 2.05) is 11.8 Å². The maximum absolute atomic E-state index is 6.10. The second kappa shape index (κ2) is 5.86. The van der Waals surface area contributed by atoms with Crippen molar-refractivity contribution in [1.82, 2.24) is 0 Å². The summed E-state index contributed by atoms with van der Waals surface area (Å²) in [6, 6.07) is 9.15.